The lowest BCUT2D eigenvalue weighted by Gasteiger charge is -2.08. The van der Waals surface area contributed by atoms with Gasteiger partial charge in [0.05, 0.1) is 28.3 Å². The van der Waals surface area contributed by atoms with E-state index in [4.69, 9.17) is 5.10 Å². The number of rotatable bonds is 5. The highest BCUT2D eigenvalue weighted by molar-refractivity contribution is 6.12. The zero-order valence-electron chi connectivity index (χ0n) is 25.1. The summed E-state index contributed by atoms with van der Waals surface area (Å²) < 4.78 is 4.43. The van der Waals surface area contributed by atoms with Crippen LogP contribution < -0.4 is 0 Å². The van der Waals surface area contributed by atoms with Gasteiger partial charge < -0.3 is 4.57 Å². The average Bonchev–Trinajstić information content (AvgIpc) is 3.63. The zero-order chi connectivity index (χ0) is 30.5. The van der Waals surface area contributed by atoms with Crippen molar-refractivity contribution in [2.45, 2.75) is 0 Å². The van der Waals surface area contributed by atoms with E-state index in [1.54, 1.807) is 0 Å². The maximum absolute atomic E-state index is 5.03. The van der Waals surface area contributed by atoms with E-state index in [-0.39, 0.29) is 0 Å². The number of nitrogens with zero attached hydrogens (tertiary/aromatic N) is 3. The summed E-state index contributed by atoms with van der Waals surface area (Å²) in [6.07, 6.45) is 1.96. The minimum absolute atomic E-state index is 1.06. The first-order valence-electron chi connectivity index (χ1n) is 15.6. The van der Waals surface area contributed by atoms with Crippen molar-refractivity contribution in [3.63, 3.8) is 0 Å². The smallest absolute Gasteiger partial charge is 0.0732 e. The Bertz CT molecular complexity index is 2570. The van der Waals surface area contributed by atoms with Crippen molar-refractivity contribution < 1.29 is 0 Å². The van der Waals surface area contributed by atoms with E-state index < -0.39 is 0 Å². The Morgan fingerprint density at radius 1 is 0.370 bits per heavy atom. The van der Waals surface area contributed by atoms with Crippen molar-refractivity contribution >= 4 is 49.8 Å². The second-order valence-electron chi connectivity index (χ2n) is 11.7. The van der Waals surface area contributed by atoms with Crippen LogP contribution in [-0.4, -0.2) is 15.5 Å². The summed E-state index contributed by atoms with van der Waals surface area (Å²) in [5, 5.41) is 9.91. The van der Waals surface area contributed by atoms with Crippen molar-refractivity contribution in [3.05, 3.63) is 175 Å². The summed E-state index contributed by atoms with van der Waals surface area (Å²) in [5.74, 6) is 0. The molecule has 9 aromatic rings. The summed E-state index contributed by atoms with van der Waals surface area (Å²) in [7, 11) is 0. The molecule has 2 heterocycles. The topological polar surface area (TPSA) is 22.2 Å². The molecule has 0 spiro atoms. The summed E-state index contributed by atoms with van der Waals surface area (Å²) in [6, 6.07) is 60.4. The molecule has 0 amide bonds. The lowest BCUT2D eigenvalue weighted by Crippen LogP contribution is -1.92. The predicted octanol–water partition coefficient (Wildman–Crippen LogP) is 11.1. The first-order chi connectivity index (χ1) is 22.8. The fraction of sp³-hybridized carbons (Fsp3) is 0. The Kier molecular flexibility index (Phi) is 6.14. The quantitative estimate of drug-likeness (QED) is 0.179. The SMILES string of the molecule is C(=N\n1c2ccccc2c2cc(-c3ccc4c(c3)c3ccccc3n4-c3ccccc3)ccc21)/c1cccc(-c2ccccc2)c1. The monoisotopic (exact) mass is 587 g/mol. The Morgan fingerprint density at radius 2 is 0.891 bits per heavy atom. The molecule has 3 nitrogen and oxygen atoms in total. The van der Waals surface area contributed by atoms with Gasteiger partial charge in [0.2, 0.25) is 0 Å². The number of hydrogen-bond donors (Lipinski definition) is 0. The van der Waals surface area contributed by atoms with Crippen LogP contribution in [0.3, 0.4) is 0 Å². The Balaban J connectivity index is 1.15. The molecule has 0 saturated heterocycles. The van der Waals surface area contributed by atoms with Crippen LogP contribution in [0.25, 0.3) is 71.6 Å². The van der Waals surface area contributed by atoms with Gasteiger partial charge in [0.1, 0.15) is 0 Å². The van der Waals surface area contributed by atoms with E-state index in [9.17, 15) is 0 Å². The fourth-order valence-electron chi connectivity index (χ4n) is 6.82. The molecule has 3 heteroatoms. The first-order valence-corrected chi connectivity index (χ1v) is 15.6. The van der Waals surface area contributed by atoms with Gasteiger partial charge in [0, 0.05) is 27.2 Å². The molecule has 0 aliphatic heterocycles. The molecule has 0 saturated carbocycles. The van der Waals surface area contributed by atoms with Crippen LogP contribution in [0.15, 0.2) is 175 Å². The summed E-state index contributed by atoms with van der Waals surface area (Å²) in [4.78, 5) is 0. The molecule has 0 bridgehead atoms. The average molecular weight is 588 g/mol. The van der Waals surface area contributed by atoms with Crippen molar-refractivity contribution in [1.29, 1.82) is 0 Å². The zero-order valence-corrected chi connectivity index (χ0v) is 25.1. The van der Waals surface area contributed by atoms with E-state index in [1.165, 1.54) is 60.5 Å². The van der Waals surface area contributed by atoms with E-state index in [1.807, 2.05) is 12.3 Å². The maximum Gasteiger partial charge on any atom is 0.0732 e. The Labute approximate surface area is 266 Å². The summed E-state index contributed by atoms with van der Waals surface area (Å²) in [6.45, 7) is 0. The molecular weight excluding hydrogens is 558 g/mol. The number of hydrogen-bond acceptors (Lipinski definition) is 1. The van der Waals surface area contributed by atoms with E-state index in [0.717, 1.165) is 16.6 Å². The van der Waals surface area contributed by atoms with Gasteiger partial charge in [-0.2, -0.15) is 5.10 Å². The van der Waals surface area contributed by atoms with Gasteiger partial charge in [-0.3, -0.25) is 0 Å². The number of fused-ring (bicyclic) bond motifs is 6. The third-order valence-electron chi connectivity index (χ3n) is 8.98. The van der Waals surface area contributed by atoms with Crippen LogP contribution in [0.4, 0.5) is 0 Å². The Morgan fingerprint density at radius 3 is 1.65 bits per heavy atom. The molecule has 216 valence electrons. The van der Waals surface area contributed by atoms with E-state index >= 15 is 0 Å². The van der Waals surface area contributed by atoms with Gasteiger partial charge in [-0.15, -0.1) is 0 Å². The molecule has 0 radical (unpaired) electrons. The summed E-state index contributed by atoms with van der Waals surface area (Å²) in [5.41, 5.74) is 11.6. The molecular formula is C43H29N3. The van der Waals surface area contributed by atoms with Crippen LogP contribution in [0.2, 0.25) is 0 Å². The highest BCUT2D eigenvalue weighted by Gasteiger charge is 2.15. The molecule has 0 atom stereocenters. The molecule has 2 aromatic heterocycles. The number of benzene rings is 7. The second-order valence-corrected chi connectivity index (χ2v) is 11.7. The largest absolute Gasteiger partial charge is 0.309 e. The standard InChI is InChI=1S/C43H29N3/c1-3-13-31(14-4-1)32-15-11-12-30(26-32)29-44-46-42-21-10-8-19-37(42)39-28-34(23-25-43(39)46)33-22-24-41-38(27-33)36-18-7-9-20-40(36)45(41)35-16-5-2-6-17-35/h1-29H/b44-29+. The number of aromatic nitrogens is 2. The second kappa shape index (κ2) is 10.8. The lowest BCUT2D eigenvalue weighted by molar-refractivity contribution is 0.975. The van der Waals surface area contributed by atoms with Gasteiger partial charge in [-0.25, -0.2) is 4.68 Å². The molecule has 9 rings (SSSR count). The number of para-hydroxylation sites is 3. The van der Waals surface area contributed by atoms with Crippen molar-refractivity contribution in [2.75, 3.05) is 0 Å². The van der Waals surface area contributed by atoms with Gasteiger partial charge in [0.25, 0.3) is 0 Å². The van der Waals surface area contributed by atoms with Crippen LogP contribution in [0.1, 0.15) is 5.56 Å². The van der Waals surface area contributed by atoms with Crippen LogP contribution in [-0.2, 0) is 0 Å². The third-order valence-corrected chi connectivity index (χ3v) is 8.98. The minimum Gasteiger partial charge on any atom is -0.309 e. The minimum atomic E-state index is 1.06. The van der Waals surface area contributed by atoms with Crippen molar-refractivity contribution in [2.24, 2.45) is 5.10 Å². The molecule has 0 N–H and O–H groups in total. The van der Waals surface area contributed by atoms with E-state index in [2.05, 4.69) is 173 Å². The van der Waals surface area contributed by atoms with Crippen LogP contribution in [0.5, 0.6) is 0 Å². The van der Waals surface area contributed by atoms with E-state index in [0.29, 0.717) is 0 Å². The van der Waals surface area contributed by atoms with Gasteiger partial charge in [0.15, 0.2) is 0 Å². The van der Waals surface area contributed by atoms with Crippen molar-refractivity contribution in [3.8, 4) is 27.9 Å². The normalized spacial score (nSPS) is 11.8. The molecule has 0 fully saturated rings. The highest BCUT2D eigenvalue weighted by Crippen LogP contribution is 2.37. The molecule has 0 aliphatic rings. The molecule has 0 aliphatic carbocycles. The Hall–Kier alpha value is -6.19. The van der Waals surface area contributed by atoms with Gasteiger partial charge >= 0.3 is 0 Å². The predicted molar refractivity (Wildman–Crippen MR) is 194 cm³/mol. The van der Waals surface area contributed by atoms with Crippen molar-refractivity contribution in [1.82, 2.24) is 9.24 Å². The van der Waals surface area contributed by atoms with Crippen LogP contribution in [0, 0.1) is 0 Å². The van der Waals surface area contributed by atoms with Crippen LogP contribution >= 0.6 is 0 Å². The molecule has 7 aromatic carbocycles. The maximum atomic E-state index is 5.03. The lowest BCUT2D eigenvalue weighted by atomic mass is 10.0. The van der Waals surface area contributed by atoms with Gasteiger partial charge in [-0.05, 0) is 82.4 Å². The fourth-order valence-corrected chi connectivity index (χ4v) is 6.82. The highest BCUT2D eigenvalue weighted by atomic mass is 15.3. The molecule has 46 heavy (non-hydrogen) atoms. The van der Waals surface area contributed by atoms with Gasteiger partial charge in [-0.1, -0.05) is 115 Å². The summed E-state index contributed by atoms with van der Waals surface area (Å²) >= 11 is 0. The third kappa shape index (κ3) is 4.33. The molecule has 0 unspecified atom stereocenters. The first kappa shape index (κ1) is 26.2.